The van der Waals surface area contributed by atoms with E-state index in [4.69, 9.17) is 17.2 Å². The lowest BCUT2D eigenvalue weighted by atomic mass is 9.99. The molecule has 0 unspecified atom stereocenters. The molecule has 49 heteroatoms. The number of aliphatic hydroxyl groups excluding tert-OH is 1. The van der Waals surface area contributed by atoms with Crippen molar-refractivity contribution >= 4 is 173 Å². The quantitative estimate of drug-likeness (QED) is 0.0128. The van der Waals surface area contributed by atoms with Gasteiger partial charge in [0, 0.05) is 137 Å². The number of benzene rings is 4. The third kappa shape index (κ3) is 35.1. The van der Waals surface area contributed by atoms with Gasteiger partial charge in [-0.05, 0) is 85.0 Å². The van der Waals surface area contributed by atoms with Crippen LogP contribution in [0.5, 0.6) is 0 Å². The molecule has 47 nitrogen and oxygen atoms in total. The molecule has 0 radical (unpaired) electrons. The Labute approximate surface area is 817 Å². The fourth-order valence-electron chi connectivity index (χ4n) is 16.6. The number of carbonyl (C=O) groups excluding carboxylic acids is 16. The van der Waals surface area contributed by atoms with Gasteiger partial charge in [-0.2, -0.15) is 0 Å². The Hall–Kier alpha value is -13.9. The van der Waals surface area contributed by atoms with Gasteiger partial charge in [0.1, 0.15) is 72.5 Å². The van der Waals surface area contributed by atoms with E-state index in [0.29, 0.717) is 78.3 Å². The van der Waals surface area contributed by atoms with Crippen LogP contribution < -0.4 is 81.0 Å². The van der Waals surface area contributed by atoms with Gasteiger partial charge in [-0.15, -0.1) is 0 Å². The molecule has 3 fully saturated rings. The van der Waals surface area contributed by atoms with Crippen LogP contribution in [0.2, 0.25) is 0 Å². The summed E-state index contributed by atoms with van der Waals surface area (Å²) in [4.78, 5) is 295. The highest BCUT2D eigenvalue weighted by Gasteiger charge is 2.42. The Bertz CT molecular complexity index is 5480. The summed E-state index contributed by atoms with van der Waals surface area (Å²) >= 11 is 0. The number of fused-ring (bicyclic) bond motifs is 3. The van der Waals surface area contributed by atoms with Crippen LogP contribution >= 0.6 is 21.6 Å². The molecule has 3 aliphatic heterocycles. The van der Waals surface area contributed by atoms with Gasteiger partial charge < -0.3 is 121 Å². The van der Waals surface area contributed by atoms with E-state index in [1.54, 1.807) is 130 Å². The number of nitrogens with one attached hydrogen (secondary N) is 14. The van der Waals surface area contributed by atoms with Crippen LogP contribution in [0.1, 0.15) is 108 Å². The molecule has 9 rings (SSSR count). The number of amides is 16. The molecular formula is C92H124N22O25S2. The largest absolute Gasteiger partial charge is 0.481 e. The molecule has 0 saturated carbocycles. The smallest absolute Gasteiger partial charge is 0.317 e. The summed E-state index contributed by atoms with van der Waals surface area (Å²) in [5, 5.41) is 84.1. The zero-order chi connectivity index (χ0) is 103. The van der Waals surface area contributed by atoms with E-state index in [1.807, 2.05) is 0 Å². The van der Waals surface area contributed by atoms with Crippen LogP contribution in [0, 0.1) is 0 Å². The molecule has 6 aromatic rings. The van der Waals surface area contributed by atoms with Crippen molar-refractivity contribution in [2.45, 2.75) is 189 Å². The predicted molar refractivity (Wildman–Crippen MR) is 514 cm³/mol. The first-order chi connectivity index (χ1) is 67.2. The number of hydrogen-bond donors (Lipinski definition) is 22. The van der Waals surface area contributed by atoms with Gasteiger partial charge >= 0.3 is 23.9 Å². The van der Waals surface area contributed by atoms with Crippen molar-refractivity contribution in [1.82, 2.24) is 98.3 Å². The minimum Gasteiger partial charge on any atom is -0.481 e. The minimum absolute atomic E-state index is 0.00300. The number of aliphatic hydroxyl groups is 1. The molecule has 2 aromatic heterocycles. The third-order valence-corrected chi connectivity index (χ3v) is 26.4. The number of primary amides is 3. The van der Waals surface area contributed by atoms with Crippen LogP contribution in [0.4, 0.5) is 0 Å². The third-order valence-electron chi connectivity index (χ3n) is 24.0. The second kappa shape index (κ2) is 54.6. The summed E-state index contributed by atoms with van der Waals surface area (Å²) in [6.45, 7) is 3.02. The van der Waals surface area contributed by atoms with Crippen LogP contribution in [0.25, 0.3) is 32.6 Å². The first kappa shape index (κ1) is 111. The summed E-state index contributed by atoms with van der Waals surface area (Å²) in [5.41, 5.74) is 20.1. The number of likely N-dealkylation sites (tertiary alicyclic amines) is 1. The fourth-order valence-corrected chi connectivity index (χ4v) is 19.0. The predicted octanol–water partition coefficient (Wildman–Crippen LogP) is -4.39. The molecule has 16 amide bonds. The monoisotopic (exact) mass is 2000 g/mol. The van der Waals surface area contributed by atoms with E-state index < -0.39 is 260 Å². The molecule has 0 aliphatic carbocycles. The standard InChI is InChI=1S/C92H124N22O25S2/c1-4-5-19-62(101-91(138)80(51(2)115)109-88(135)65(99-52(3)116)38-56-43-97-60-20-10-8-17-58(56)60)83(130)107-70-49-140-141-50-71(90(137)106-69(92(139)114-27-14-23-72(114)81(95)128)39-57-44-98-61-21-11-9-18-59(57)61)108-87(134)68(42-76(120)121)105-82(129)63(22-12-13-26-96-75(119)45-110-28-30-111(46-77(122)123)32-34-113(48-79(126)127)35-33-112(31-29-110)47-78(124)125)100-84(131)64(37-53-24-25-54-15-6-7-16-55(54)36-53)102-85(132)66(40-73(93)117)103-86(133)67(41-74(94)118)104-89(70)136/h6-11,15-18,20-21,24-25,36,43-44,51,62-72,80,97-98,115H,4-5,12-14,19,22-23,26-35,37-42,45-50H2,1-3H3,(H2,93,117)(H2,94,118)(H2,95,128)(H,96,119)(H,99,116)(H,100,131)(H,101,138)(H,102,132)(H,103,133)(H,104,136)(H,105,129)(H,106,137)(H,107,130)(H,108,134)(H,109,135)(H,120,121)(H,122,123)(H,124,125)(H,126,127)/t51-,62+,63+,64+,65+,66+,67+,68+,69+,70+,71+,72+,80+/m1/s1. The van der Waals surface area contributed by atoms with E-state index in [2.05, 4.69) is 73.8 Å². The number of carbonyl (C=O) groups is 20. The van der Waals surface area contributed by atoms with E-state index >= 15 is 38.4 Å². The van der Waals surface area contributed by atoms with Gasteiger partial charge in [-0.3, -0.25) is 115 Å². The molecule has 0 spiro atoms. The average molecular weight is 2000 g/mol. The number of nitrogens with zero attached hydrogens (tertiary/aromatic N) is 5. The highest BCUT2D eigenvalue weighted by atomic mass is 33.1. The zero-order valence-corrected chi connectivity index (χ0v) is 79.9. The van der Waals surface area contributed by atoms with Crippen molar-refractivity contribution < 1.29 is 121 Å². The van der Waals surface area contributed by atoms with E-state index in [9.17, 15) is 83.1 Å². The highest BCUT2D eigenvalue weighted by molar-refractivity contribution is 8.76. The molecule has 5 heterocycles. The molecule has 141 heavy (non-hydrogen) atoms. The second-order valence-electron chi connectivity index (χ2n) is 34.9. The molecule has 0 bridgehead atoms. The molecule has 3 aliphatic rings. The van der Waals surface area contributed by atoms with Crippen molar-refractivity contribution in [2.75, 3.05) is 103 Å². The number of carboxylic acids is 4. The van der Waals surface area contributed by atoms with Crippen molar-refractivity contribution in [3.8, 4) is 0 Å². The molecule has 13 atom stereocenters. The van der Waals surface area contributed by atoms with Crippen LogP contribution in [0.15, 0.2) is 103 Å². The number of aliphatic carboxylic acids is 4. The van der Waals surface area contributed by atoms with Crippen LogP contribution in [-0.2, 0) is 115 Å². The molecular weight excluding hydrogens is 1880 g/mol. The van der Waals surface area contributed by atoms with E-state index in [0.717, 1.165) is 19.2 Å². The van der Waals surface area contributed by atoms with Crippen molar-refractivity contribution in [1.29, 1.82) is 0 Å². The molecule has 764 valence electrons. The number of hydrogen-bond acceptors (Lipinski definition) is 27. The maximum absolute atomic E-state index is 15.6. The maximum atomic E-state index is 15.6. The topological polar surface area (TPSA) is 713 Å². The minimum atomic E-state index is -2.20. The number of aromatic amines is 2. The summed E-state index contributed by atoms with van der Waals surface area (Å²) in [7, 11) is 1.36. The van der Waals surface area contributed by atoms with E-state index in [-0.39, 0.29) is 117 Å². The maximum Gasteiger partial charge on any atom is 0.317 e. The lowest BCUT2D eigenvalue weighted by molar-refractivity contribution is -0.142. The second-order valence-corrected chi connectivity index (χ2v) is 37.5. The average Bonchev–Trinajstić information content (AvgIpc) is 1.71. The number of H-pyrrole nitrogens is 2. The molecule has 3 saturated heterocycles. The van der Waals surface area contributed by atoms with Gasteiger partial charge in [-0.25, -0.2) is 0 Å². The first-order valence-corrected chi connectivity index (χ1v) is 48.7. The van der Waals surface area contributed by atoms with Gasteiger partial charge in [0.2, 0.25) is 94.5 Å². The first-order valence-electron chi connectivity index (χ1n) is 46.2. The number of nitrogens with two attached hydrogens (primary N) is 3. The Kier molecular flexibility index (Phi) is 42.9. The lowest BCUT2D eigenvalue weighted by Gasteiger charge is -2.32. The summed E-state index contributed by atoms with van der Waals surface area (Å²) in [5.74, 6) is -24.2. The van der Waals surface area contributed by atoms with Gasteiger partial charge in [0.25, 0.3) is 0 Å². The fraction of sp³-hybridized carbons (Fsp3) is 0.500. The number of carboxylic acid groups (broad SMARTS) is 4. The van der Waals surface area contributed by atoms with Gasteiger partial charge in [0.15, 0.2) is 0 Å². The Morgan fingerprint density at radius 3 is 1.51 bits per heavy atom. The number of aromatic nitrogens is 2. The summed E-state index contributed by atoms with van der Waals surface area (Å²) in [6, 6.07) is 4.28. The van der Waals surface area contributed by atoms with E-state index in [1.165, 1.54) is 4.90 Å². The number of rotatable bonds is 40. The van der Waals surface area contributed by atoms with Crippen molar-refractivity contribution in [3.63, 3.8) is 0 Å². The van der Waals surface area contributed by atoms with Crippen molar-refractivity contribution in [3.05, 3.63) is 120 Å². The molecule has 25 N–H and O–H groups in total. The normalized spacial score (nSPS) is 20.9. The highest BCUT2D eigenvalue weighted by Crippen LogP contribution is 2.28. The summed E-state index contributed by atoms with van der Waals surface area (Å²) < 4.78 is 0. The lowest BCUT2D eigenvalue weighted by Crippen LogP contribution is -2.62. The Morgan fingerprint density at radius 2 is 0.979 bits per heavy atom. The van der Waals surface area contributed by atoms with Gasteiger partial charge in [-0.1, -0.05) is 120 Å². The van der Waals surface area contributed by atoms with Crippen molar-refractivity contribution in [2.24, 2.45) is 17.2 Å². The zero-order valence-electron chi connectivity index (χ0n) is 78.2. The van der Waals surface area contributed by atoms with Crippen LogP contribution in [-0.4, -0.2) is 360 Å². The van der Waals surface area contributed by atoms with Gasteiger partial charge in [0.05, 0.1) is 51.5 Å². The summed E-state index contributed by atoms with van der Waals surface area (Å²) in [6.07, 6.45) is -2.51. The molecule has 4 aromatic carbocycles. The Balaban J connectivity index is 1.08. The SMILES string of the molecule is CCCC[C@H](NC(=O)[C@@H](NC(=O)[C@H](Cc1c[nH]c2ccccc12)NC(C)=O)[C@@H](C)O)C(=O)N[C@H]1CSSC[C@@H](C(=O)N[C@@H](Cc2c[nH]c3ccccc23)C(=O)N2CCC[C@H]2C(N)=O)NC(=O)[C@H](CC(=O)O)NC(=O)[C@H](CCCCNC(=O)CN2CCN(CC(=O)O)CCN(CC(=O)O)CCN(CC(=O)O)CC2)NC(=O)[C@H](Cc2ccc3ccccc3c2)NC(=O)[C@H](CC(N)=O)NC(=O)[C@H](CC(N)=O)NC1=O. The number of para-hydroxylation sites is 2. The number of unbranched alkanes of at least 4 members (excludes halogenated alkanes) is 2. The Morgan fingerprint density at radius 1 is 0.489 bits per heavy atom. The van der Waals surface area contributed by atoms with Crippen LogP contribution in [0.3, 0.4) is 0 Å².